The van der Waals surface area contributed by atoms with Crippen LogP contribution in [0, 0.1) is 23.7 Å². The fourth-order valence-corrected chi connectivity index (χ4v) is 1.69. The summed E-state index contributed by atoms with van der Waals surface area (Å²) in [5.74, 6) is 11.5. The van der Waals surface area contributed by atoms with Crippen LogP contribution >= 0.6 is 0 Å². The molecule has 0 saturated heterocycles. The van der Waals surface area contributed by atoms with Crippen LogP contribution in [0.25, 0.3) is 0 Å². The van der Waals surface area contributed by atoms with Gasteiger partial charge >= 0.3 is 0 Å². The van der Waals surface area contributed by atoms with Crippen LogP contribution in [0.1, 0.15) is 11.1 Å². The Morgan fingerprint density at radius 1 is 0.818 bits per heavy atom. The molecule has 0 radical (unpaired) electrons. The molecule has 0 bridgehead atoms. The lowest BCUT2D eigenvalue weighted by atomic mass is 10.2. The smallest absolute Gasteiger partial charge is 0.279 e. The lowest BCUT2D eigenvalue weighted by molar-refractivity contribution is -0.108. The first-order valence-electron chi connectivity index (χ1n) is 6.57. The average Bonchev–Trinajstić information content (AvgIpc) is 2.58. The second-order valence-corrected chi connectivity index (χ2v) is 4.29. The molecule has 0 N–H and O–H groups in total. The summed E-state index contributed by atoms with van der Waals surface area (Å²) in [6.07, 6.45) is 0. The Kier molecular flexibility index (Phi) is 5.24. The van der Waals surface area contributed by atoms with Gasteiger partial charge in [0.15, 0.2) is 0 Å². The molecule has 2 rings (SSSR count). The highest BCUT2D eigenvalue weighted by Crippen LogP contribution is 2.12. The molecule has 0 amide bonds. The Bertz CT molecular complexity index is 731. The molecule has 0 spiro atoms. The number of ketones is 1. The van der Waals surface area contributed by atoms with E-state index in [1.165, 1.54) is 0 Å². The van der Waals surface area contributed by atoms with Crippen molar-refractivity contribution < 1.29 is 14.3 Å². The molecule has 0 saturated carbocycles. The van der Waals surface area contributed by atoms with Crippen LogP contribution in [0.2, 0.25) is 0 Å². The van der Waals surface area contributed by atoms with Crippen LogP contribution in [0.15, 0.2) is 48.5 Å². The quantitative estimate of drug-likeness (QED) is 0.798. The summed E-state index contributed by atoms with van der Waals surface area (Å²) >= 11 is 0. The SMILES string of the molecule is COc1cccc(C#CC(=O)C#Cc2cccc(OC)c2)c1. The van der Waals surface area contributed by atoms with Crippen LogP contribution in [-0.2, 0) is 4.79 Å². The number of hydrogen-bond acceptors (Lipinski definition) is 3. The maximum atomic E-state index is 11.7. The van der Waals surface area contributed by atoms with Crippen LogP contribution in [0.4, 0.5) is 0 Å². The van der Waals surface area contributed by atoms with E-state index in [1.54, 1.807) is 38.5 Å². The van der Waals surface area contributed by atoms with Crippen LogP contribution in [-0.4, -0.2) is 20.0 Å². The van der Waals surface area contributed by atoms with E-state index in [0.29, 0.717) is 22.6 Å². The number of hydrogen-bond donors (Lipinski definition) is 0. The van der Waals surface area contributed by atoms with Gasteiger partial charge in [0.2, 0.25) is 0 Å². The molecule has 2 aromatic rings. The van der Waals surface area contributed by atoms with Crippen LogP contribution in [0.5, 0.6) is 11.5 Å². The predicted molar refractivity (Wildman–Crippen MR) is 84.8 cm³/mol. The van der Waals surface area contributed by atoms with Gasteiger partial charge in [-0.25, -0.2) is 0 Å². The fraction of sp³-hybridized carbons (Fsp3) is 0.105. The minimum atomic E-state index is -0.439. The summed E-state index contributed by atoms with van der Waals surface area (Å²) in [5.41, 5.74) is 1.41. The summed E-state index contributed by atoms with van der Waals surface area (Å²) in [4.78, 5) is 11.7. The molecule has 0 aliphatic carbocycles. The second kappa shape index (κ2) is 7.57. The average molecular weight is 290 g/mol. The number of methoxy groups -OCH3 is 2. The number of rotatable bonds is 2. The molecule has 0 aromatic heterocycles. The van der Waals surface area contributed by atoms with E-state index in [1.807, 2.05) is 24.3 Å². The summed E-state index contributed by atoms with van der Waals surface area (Å²) in [5, 5.41) is 0. The van der Waals surface area contributed by atoms with Crippen molar-refractivity contribution >= 4 is 5.78 Å². The fourth-order valence-electron chi connectivity index (χ4n) is 1.69. The zero-order valence-corrected chi connectivity index (χ0v) is 12.3. The van der Waals surface area contributed by atoms with Gasteiger partial charge in [0.05, 0.1) is 14.2 Å². The van der Waals surface area contributed by atoms with Gasteiger partial charge in [-0.2, -0.15) is 0 Å². The maximum Gasteiger partial charge on any atom is 0.279 e. The molecule has 0 unspecified atom stereocenters. The first kappa shape index (κ1) is 15.2. The highest BCUT2D eigenvalue weighted by Gasteiger charge is 1.94. The first-order chi connectivity index (χ1) is 10.7. The molecule has 0 atom stereocenters. The van der Waals surface area contributed by atoms with Gasteiger partial charge in [-0.05, 0) is 48.2 Å². The van der Waals surface area contributed by atoms with Crippen molar-refractivity contribution in [3.05, 3.63) is 59.7 Å². The topological polar surface area (TPSA) is 35.5 Å². The van der Waals surface area contributed by atoms with Crippen molar-refractivity contribution in [3.8, 4) is 35.2 Å². The minimum Gasteiger partial charge on any atom is -0.497 e. The normalized spacial score (nSPS) is 8.82. The van der Waals surface area contributed by atoms with E-state index in [2.05, 4.69) is 23.7 Å². The number of carbonyl (C=O) groups is 1. The number of benzene rings is 2. The Morgan fingerprint density at radius 2 is 1.27 bits per heavy atom. The molecule has 0 aliphatic rings. The first-order valence-corrected chi connectivity index (χ1v) is 6.57. The summed E-state index contributed by atoms with van der Waals surface area (Å²) in [7, 11) is 3.16. The number of carbonyl (C=O) groups excluding carboxylic acids is 1. The van der Waals surface area contributed by atoms with Crippen LogP contribution in [0.3, 0.4) is 0 Å². The van der Waals surface area contributed by atoms with E-state index in [0.717, 1.165) is 0 Å². The Morgan fingerprint density at radius 3 is 1.68 bits per heavy atom. The molecule has 108 valence electrons. The largest absolute Gasteiger partial charge is 0.497 e. The van der Waals surface area contributed by atoms with E-state index in [9.17, 15) is 4.79 Å². The highest BCUT2D eigenvalue weighted by atomic mass is 16.5. The van der Waals surface area contributed by atoms with E-state index in [4.69, 9.17) is 9.47 Å². The standard InChI is InChI=1S/C19H14O3/c1-21-18-7-3-5-15(13-18)9-11-17(20)12-10-16-6-4-8-19(14-16)22-2/h3-8,13-14H,1-2H3. The molecule has 0 fully saturated rings. The summed E-state index contributed by atoms with van der Waals surface area (Å²) in [6, 6.07) is 14.4. The monoisotopic (exact) mass is 290 g/mol. The third kappa shape index (κ3) is 4.44. The Balaban J connectivity index is 2.11. The van der Waals surface area contributed by atoms with Crippen molar-refractivity contribution in [3.63, 3.8) is 0 Å². The molecular formula is C19H14O3. The number of ether oxygens (including phenoxy) is 2. The highest BCUT2D eigenvalue weighted by molar-refractivity contribution is 6.09. The minimum absolute atomic E-state index is 0.439. The maximum absolute atomic E-state index is 11.7. The van der Waals surface area contributed by atoms with Gasteiger partial charge in [0, 0.05) is 11.1 Å². The molecule has 3 heteroatoms. The van der Waals surface area contributed by atoms with Crippen molar-refractivity contribution in [2.24, 2.45) is 0 Å². The van der Waals surface area contributed by atoms with E-state index in [-0.39, 0.29) is 0 Å². The Hall–Kier alpha value is -3.17. The molecule has 3 nitrogen and oxygen atoms in total. The zero-order valence-electron chi connectivity index (χ0n) is 12.3. The molecule has 0 heterocycles. The van der Waals surface area contributed by atoms with Gasteiger partial charge in [-0.1, -0.05) is 24.0 Å². The summed E-state index contributed by atoms with van der Waals surface area (Å²) < 4.78 is 10.2. The van der Waals surface area contributed by atoms with Gasteiger partial charge in [-0.3, -0.25) is 4.79 Å². The molecule has 2 aromatic carbocycles. The van der Waals surface area contributed by atoms with Gasteiger partial charge in [-0.15, -0.1) is 0 Å². The summed E-state index contributed by atoms with van der Waals surface area (Å²) in [6.45, 7) is 0. The van der Waals surface area contributed by atoms with Gasteiger partial charge in [0.25, 0.3) is 5.78 Å². The Labute approximate surface area is 129 Å². The third-order valence-corrected chi connectivity index (χ3v) is 2.78. The third-order valence-electron chi connectivity index (χ3n) is 2.78. The van der Waals surface area contributed by atoms with Gasteiger partial charge in [0.1, 0.15) is 11.5 Å². The van der Waals surface area contributed by atoms with E-state index >= 15 is 0 Å². The predicted octanol–water partition coefficient (Wildman–Crippen LogP) is 2.68. The zero-order chi connectivity index (χ0) is 15.8. The van der Waals surface area contributed by atoms with Crippen molar-refractivity contribution in [1.29, 1.82) is 0 Å². The molecule has 0 aliphatic heterocycles. The number of Topliss-reactive ketones (excluding diaryl/α,β-unsaturated/α-hetero) is 1. The second-order valence-electron chi connectivity index (χ2n) is 4.29. The van der Waals surface area contributed by atoms with Gasteiger partial charge < -0.3 is 9.47 Å². The molecular weight excluding hydrogens is 276 g/mol. The van der Waals surface area contributed by atoms with Crippen LogP contribution < -0.4 is 9.47 Å². The van der Waals surface area contributed by atoms with Crippen molar-refractivity contribution in [2.45, 2.75) is 0 Å². The van der Waals surface area contributed by atoms with Crippen molar-refractivity contribution in [1.82, 2.24) is 0 Å². The lowest BCUT2D eigenvalue weighted by Crippen LogP contribution is -1.89. The van der Waals surface area contributed by atoms with Crippen molar-refractivity contribution in [2.75, 3.05) is 14.2 Å². The van der Waals surface area contributed by atoms with E-state index < -0.39 is 5.78 Å². The molecule has 22 heavy (non-hydrogen) atoms. The lowest BCUT2D eigenvalue weighted by Gasteiger charge is -1.98.